The molecule has 0 unspecified atom stereocenters. The summed E-state index contributed by atoms with van der Waals surface area (Å²) in [6.07, 6.45) is 40.8. The number of carbonyl (C=O) groups excluding carboxylic acids is 4. The molecule has 4 rings (SSSR count). The molecule has 0 fully saturated rings. The Kier molecular flexibility index (Phi) is 28.8. The van der Waals surface area contributed by atoms with Gasteiger partial charge in [-0.2, -0.15) is 0 Å². The van der Waals surface area contributed by atoms with E-state index in [-0.39, 0.29) is 23.6 Å². The molecule has 8 heteroatoms. The van der Waals surface area contributed by atoms with Crippen LogP contribution in [0.2, 0.25) is 0 Å². The van der Waals surface area contributed by atoms with Crippen LogP contribution in [-0.2, 0) is 0 Å². The summed E-state index contributed by atoms with van der Waals surface area (Å²) in [5, 5.41) is 2.31. The molecule has 0 atom stereocenters. The standard InChI is InChI=1S/C26H40BrNO2.C25H38BrNO2/c27-21-17-13-11-9-7-5-3-1-2-4-6-8-10-12-14-18-22-28-25(29)23-19-15-16-20-24(23)26(28)30;26-20-16-12-10-8-6-4-2-1-3-5-7-9-11-13-17-21-27-24(28)22-18-14-15-19-23(22)25(27)29/h15-16,19-20H,1-14,17-18,21-22H2;14-15,18-19H,1-13,16-17,20-21H2. The SMILES string of the molecule is O=C1c2ccccc2C(=O)N1CCCCCCCCCCCCCCCCCBr.O=C1c2ccccc2C(=O)N1CCCCCCCCCCCCCCCCCCBr. The molecule has 0 aromatic heterocycles. The zero-order valence-corrected chi connectivity index (χ0v) is 39.8. The third-order valence-corrected chi connectivity index (χ3v) is 13.2. The van der Waals surface area contributed by atoms with Gasteiger partial charge in [0.15, 0.2) is 0 Å². The molecule has 2 heterocycles. The highest BCUT2D eigenvalue weighted by atomic mass is 79.9. The number of unbranched alkanes of at least 4 members (excludes halogenated alkanes) is 29. The van der Waals surface area contributed by atoms with E-state index in [1.165, 1.54) is 183 Å². The van der Waals surface area contributed by atoms with Gasteiger partial charge in [0.1, 0.15) is 0 Å². The first-order valence-corrected chi connectivity index (χ1v) is 26.3. The highest BCUT2D eigenvalue weighted by Crippen LogP contribution is 2.25. The van der Waals surface area contributed by atoms with Crippen LogP contribution in [0.3, 0.4) is 0 Å². The average Bonchev–Trinajstić information content (AvgIpc) is 3.65. The summed E-state index contributed by atoms with van der Waals surface area (Å²) in [6, 6.07) is 14.3. The Bertz CT molecular complexity index is 1390. The monoisotopic (exact) mass is 940 g/mol. The van der Waals surface area contributed by atoms with E-state index in [1.54, 1.807) is 24.3 Å². The maximum absolute atomic E-state index is 12.3. The number of carbonyl (C=O) groups is 4. The lowest BCUT2D eigenvalue weighted by Gasteiger charge is -2.13. The van der Waals surface area contributed by atoms with Gasteiger partial charge in [0.25, 0.3) is 23.6 Å². The Balaban J connectivity index is 0.000000316. The smallest absolute Gasteiger partial charge is 0.261 e. The molecule has 0 radical (unpaired) electrons. The van der Waals surface area contributed by atoms with Gasteiger partial charge in [0, 0.05) is 23.7 Å². The van der Waals surface area contributed by atoms with Crippen LogP contribution in [-0.4, -0.2) is 57.2 Å². The maximum Gasteiger partial charge on any atom is 0.261 e. The average molecular weight is 943 g/mol. The first-order valence-electron chi connectivity index (χ1n) is 24.0. The van der Waals surface area contributed by atoms with Gasteiger partial charge in [-0.25, -0.2) is 0 Å². The van der Waals surface area contributed by atoms with Gasteiger partial charge in [-0.1, -0.05) is 229 Å². The predicted octanol–water partition coefficient (Wildman–Crippen LogP) is 15.4. The molecule has 330 valence electrons. The topological polar surface area (TPSA) is 74.8 Å². The minimum absolute atomic E-state index is 0.120. The van der Waals surface area contributed by atoms with Gasteiger partial charge < -0.3 is 0 Å². The van der Waals surface area contributed by atoms with Crippen LogP contribution in [0.1, 0.15) is 240 Å². The van der Waals surface area contributed by atoms with E-state index >= 15 is 0 Å². The Morgan fingerprint density at radius 1 is 0.271 bits per heavy atom. The molecule has 0 saturated carbocycles. The summed E-state index contributed by atoms with van der Waals surface area (Å²) in [6.45, 7) is 1.12. The van der Waals surface area contributed by atoms with Gasteiger partial charge in [0.05, 0.1) is 22.3 Å². The quantitative estimate of drug-likeness (QED) is 0.0392. The number of alkyl halides is 2. The van der Waals surface area contributed by atoms with Crippen LogP contribution in [0.4, 0.5) is 0 Å². The van der Waals surface area contributed by atoms with E-state index in [0.717, 1.165) is 36.3 Å². The lowest BCUT2D eigenvalue weighted by Crippen LogP contribution is -2.30. The largest absolute Gasteiger partial charge is 0.274 e. The highest BCUT2D eigenvalue weighted by molar-refractivity contribution is 9.09. The minimum atomic E-state index is -0.121. The van der Waals surface area contributed by atoms with Crippen LogP contribution >= 0.6 is 31.9 Å². The van der Waals surface area contributed by atoms with E-state index < -0.39 is 0 Å². The zero-order chi connectivity index (χ0) is 42.2. The summed E-state index contributed by atoms with van der Waals surface area (Å²) < 4.78 is 0. The number of halogens is 2. The molecule has 0 saturated heterocycles. The lowest BCUT2D eigenvalue weighted by atomic mass is 10.0. The van der Waals surface area contributed by atoms with E-state index in [9.17, 15) is 19.2 Å². The number of imide groups is 2. The van der Waals surface area contributed by atoms with Crippen molar-refractivity contribution in [1.29, 1.82) is 0 Å². The summed E-state index contributed by atoms with van der Waals surface area (Å²) in [5.74, 6) is -0.482. The Morgan fingerprint density at radius 3 is 0.627 bits per heavy atom. The number of rotatable bonds is 35. The third kappa shape index (κ3) is 20.4. The molecule has 2 aliphatic rings. The predicted molar refractivity (Wildman–Crippen MR) is 254 cm³/mol. The molecule has 0 N–H and O–H groups in total. The van der Waals surface area contributed by atoms with E-state index in [2.05, 4.69) is 31.9 Å². The van der Waals surface area contributed by atoms with Crippen molar-refractivity contribution in [2.45, 2.75) is 199 Å². The molecule has 4 amide bonds. The first kappa shape index (κ1) is 51.0. The summed E-state index contributed by atoms with van der Waals surface area (Å²) in [5.41, 5.74) is 2.25. The van der Waals surface area contributed by atoms with E-state index in [1.807, 2.05) is 24.3 Å². The van der Waals surface area contributed by atoms with Gasteiger partial charge >= 0.3 is 0 Å². The fourth-order valence-corrected chi connectivity index (χ4v) is 9.18. The number of amides is 4. The molecular formula is C51H78Br2N2O4. The van der Waals surface area contributed by atoms with Crippen molar-refractivity contribution in [1.82, 2.24) is 9.80 Å². The normalized spacial score (nSPS) is 13.3. The molecule has 0 spiro atoms. The van der Waals surface area contributed by atoms with Crippen LogP contribution in [0.25, 0.3) is 0 Å². The van der Waals surface area contributed by atoms with Gasteiger partial charge in [0.2, 0.25) is 0 Å². The molecule has 2 aliphatic heterocycles. The molecule has 0 bridgehead atoms. The van der Waals surface area contributed by atoms with Crippen molar-refractivity contribution in [3.8, 4) is 0 Å². The Morgan fingerprint density at radius 2 is 0.441 bits per heavy atom. The molecule has 2 aromatic rings. The lowest BCUT2D eigenvalue weighted by molar-refractivity contribution is 0.0636. The third-order valence-electron chi connectivity index (χ3n) is 12.0. The maximum atomic E-state index is 12.3. The molecule has 2 aromatic carbocycles. The summed E-state index contributed by atoms with van der Waals surface area (Å²) in [4.78, 5) is 52.1. The number of nitrogens with zero attached hydrogens (tertiary/aromatic N) is 2. The number of benzene rings is 2. The highest BCUT2D eigenvalue weighted by Gasteiger charge is 2.35. The first-order chi connectivity index (χ1) is 29.0. The van der Waals surface area contributed by atoms with Crippen molar-refractivity contribution in [3.63, 3.8) is 0 Å². The molecule has 0 aliphatic carbocycles. The van der Waals surface area contributed by atoms with Crippen LogP contribution in [0, 0.1) is 0 Å². The Labute approximate surface area is 376 Å². The van der Waals surface area contributed by atoms with Gasteiger partial charge in [-0.15, -0.1) is 0 Å². The van der Waals surface area contributed by atoms with Gasteiger partial charge in [-0.05, 0) is 49.9 Å². The molecule has 59 heavy (non-hydrogen) atoms. The van der Waals surface area contributed by atoms with E-state index in [0.29, 0.717) is 35.3 Å². The summed E-state index contributed by atoms with van der Waals surface area (Å²) in [7, 11) is 0. The second-order valence-corrected chi connectivity index (χ2v) is 18.5. The molecule has 6 nitrogen and oxygen atoms in total. The van der Waals surface area contributed by atoms with Crippen molar-refractivity contribution < 1.29 is 19.2 Å². The Hall–Kier alpha value is -2.32. The second-order valence-electron chi connectivity index (χ2n) is 17.0. The minimum Gasteiger partial charge on any atom is -0.274 e. The van der Waals surface area contributed by atoms with E-state index in [4.69, 9.17) is 0 Å². The molecular weight excluding hydrogens is 864 g/mol. The van der Waals surface area contributed by atoms with Crippen molar-refractivity contribution in [2.75, 3.05) is 23.7 Å². The van der Waals surface area contributed by atoms with Crippen molar-refractivity contribution in [3.05, 3.63) is 70.8 Å². The fraction of sp³-hybridized carbons (Fsp3) is 0.686. The fourth-order valence-electron chi connectivity index (χ4n) is 8.39. The van der Waals surface area contributed by atoms with Crippen molar-refractivity contribution >= 4 is 55.5 Å². The zero-order valence-electron chi connectivity index (χ0n) is 36.7. The second kappa shape index (κ2) is 33.3. The number of hydrogen-bond acceptors (Lipinski definition) is 4. The van der Waals surface area contributed by atoms with Crippen LogP contribution < -0.4 is 0 Å². The van der Waals surface area contributed by atoms with Crippen LogP contribution in [0.5, 0.6) is 0 Å². The van der Waals surface area contributed by atoms with Crippen LogP contribution in [0.15, 0.2) is 48.5 Å². The van der Waals surface area contributed by atoms with Crippen molar-refractivity contribution in [2.24, 2.45) is 0 Å². The summed E-state index contributed by atoms with van der Waals surface area (Å²) >= 11 is 6.98. The number of fused-ring (bicyclic) bond motifs is 2. The number of hydrogen-bond donors (Lipinski definition) is 0. The van der Waals surface area contributed by atoms with Gasteiger partial charge in [-0.3, -0.25) is 29.0 Å².